The molecule has 16 rings (SSSR count). The Morgan fingerprint density at radius 1 is 0.474 bits per heavy atom. The lowest BCUT2D eigenvalue weighted by Gasteiger charge is -2.16. The van der Waals surface area contributed by atoms with Crippen LogP contribution in [-0.2, 0) is 11.8 Å². The fourth-order valence-corrected chi connectivity index (χ4v) is 12.8. The van der Waals surface area contributed by atoms with Crippen LogP contribution < -0.4 is 41.6 Å². The number of benzene rings is 6. The summed E-state index contributed by atoms with van der Waals surface area (Å²) in [6.07, 6.45) is 9.65. The van der Waals surface area contributed by atoms with Gasteiger partial charge in [0.05, 0.1) is 93.6 Å². The maximum absolute atomic E-state index is 12.9. The quantitative estimate of drug-likeness (QED) is 0.0373. The van der Waals surface area contributed by atoms with Gasteiger partial charge in [0, 0.05) is 72.5 Å². The van der Waals surface area contributed by atoms with Gasteiger partial charge in [-0.05, 0) is 227 Å². The Morgan fingerprint density at radius 3 is 1.20 bits per heavy atom. The molecule has 10 heterocycles. The first-order valence-corrected chi connectivity index (χ1v) is 35.8. The molecule has 10 N–H and O–H groups in total. The Bertz CT molecular complexity index is 6380. The second-order valence-corrected chi connectivity index (χ2v) is 27.0. The first-order valence-electron chi connectivity index (χ1n) is 35.8. The number of amides is 3. The molecule has 1 unspecified atom stereocenters. The molecule has 1 saturated heterocycles. The normalized spacial score (nSPS) is 12.1. The van der Waals surface area contributed by atoms with Gasteiger partial charge in [0.15, 0.2) is 22.5 Å². The number of carboxylic acid groups (broad SMARTS) is 1. The monoisotopic (exact) mass is 1540 g/mol. The molecule has 32 nitrogen and oxygen atoms in total. The smallest absolute Gasteiger partial charge is 0.337 e. The lowest BCUT2D eigenvalue weighted by molar-refractivity contribution is -0.121. The van der Waals surface area contributed by atoms with Crippen LogP contribution in [0.2, 0.25) is 0 Å². The molecule has 6 aromatic carbocycles. The summed E-state index contributed by atoms with van der Waals surface area (Å²) in [6.45, 7) is 12.4. The maximum atomic E-state index is 12.9. The number of aryl methyl sites for hydroxylation is 7. The molecule has 9 aromatic heterocycles. The second kappa shape index (κ2) is 33.0. The minimum absolute atomic E-state index is 0.130. The van der Waals surface area contributed by atoms with Crippen molar-refractivity contribution in [2.75, 3.05) is 29.0 Å². The third-order valence-electron chi connectivity index (χ3n) is 18.7. The Labute approximate surface area is 660 Å². The van der Waals surface area contributed by atoms with Gasteiger partial charge in [-0.1, -0.05) is 0 Å². The van der Waals surface area contributed by atoms with Crippen molar-refractivity contribution in [1.29, 1.82) is 15.8 Å². The zero-order valence-corrected chi connectivity index (χ0v) is 63.1. The second-order valence-electron chi connectivity index (χ2n) is 27.0. The van der Waals surface area contributed by atoms with E-state index in [1.54, 1.807) is 119 Å². The lowest BCUT2D eigenvalue weighted by atomic mass is 10.0. The number of likely N-dealkylation sites (tertiary alicyclic amines) is 1. The standard InChI is InChI=1S/C31H27N9O3.C27H22N8O2.C26H19N7O3/c1-17-11-22(24-8-5-20(14-34-24)30(42)40-10-9-21(15-40)27(33)41)12-18(2)26(17)43-29-25-28(36-16-35-25)38-31(39-29)37-23-6-3-19(13-32)4-7-23;1-15-10-19(21-9-6-18(13-30-21)24(29)36)11-16(2)23(15)37-26-22-25(31-14-35(22)3)33-27(34-26)32-20-7-4-17(12-28)5-8-20;1-14-9-18(20-8-5-17(12-28-20)25(34)35)10-15(2)22(14)36-24-21-23(30-13-29-21)32-26(33-24)31-19-6-3-16(11-27)4-7-19/h3-8,11-12,14,16,21H,9-10,15H2,1-2H3,(H2,33,41)(H2,35,36,37,38,39);4-11,13-14H,1-3H3,(H2,29,36)(H,32,33,34);3-10,12-13H,1-2H3,(H,34,35)(H2,29,30,31,32,33). The third-order valence-corrected chi connectivity index (χ3v) is 18.7. The number of aromatic nitrogens is 15. The zero-order valence-electron chi connectivity index (χ0n) is 63.1. The van der Waals surface area contributed by atoms with Crippen molar-refractivity contribution < 1.29 is 38.5 Å². The van der Waals surface area contributed by atoms with E-state index in [1.807, 2.05) is 91.1 Å². The minimum Gasteiger partial charge on any atom is -0.478 e. The van der Waals surface area contributed by atoms with E-state index in [2.05, 4.69) is 104 Å². The van der Waals surface area contributed by atoms with E-state index in [4.69, 9.17) is 46.6 Å². The van der Waals surface area contributed by atoms with Gasteiger partial charge in [0.2, 0.25) is 29.7 Å². The molecule has 116 heavy (non-hydrogen) atoms. The van der Waals surface area contributed by atoms with E-state index >= 15 is 0 Å². The summed E-state index contributed by atoms with van der Waals surface area (Å²) in [7, 11) is 1.85. The molecular formula is C84H68N24O8. The van der Waals surface area contributed by atoms with Gasteiger partial charge in [0.1, 0.15) is 28.3 Å². The number of pyridine rings is 3. The number of H-pyrrole nitrogens is 2. The molecule has 0 saturated carbocycles. The molecule has 0 radical (unpaired) electrons. The minimum atomic E-state index is -1.02. The van der Waals surface area contributed by atoms with Crippen molar-refractivity contribution in [3.63, 3.8) is 0 Å². The van der Waals surface area contributed by atoms with Gasteiger partial charge >= 0.3 is 5.97 Å². The lowest BCUT2D eigenvalue weighted by Crippen LogP contribution is -2.31. The highest BCUT2D eigenvalue weighted by Gasteiger charge is 2.31. The van der Waals surface area contributed by atoms with Crippen LogP contribution in [0.1, 0.15) is 87.6 Å². The number of carbonyl (C=O) groups is 4. The molecular weight excluding hydrogens is 1470 g/mol. The average molecular weight is 1540 g/mol. The van der Waals surface area contributed by atoms with Crippen LogP contribution in [0.25, 0.3) is 67.3 Å². The molecule has 32 heteroatoms. The molecule has 15 aromatic rings. The summed E-state index contributed by atoms with van der Waals surface area (Å²) in [4.78, 5) is 108. The predicted octanol–water partition coefficient (Wildman–Crippen LogP) is 14.1. The fraction of sp³-hybridized carbons (Fsp3) is 0.131. The summed E-state index contributed by atoms with van der Waals surface area (Å²) in [5.41, 5.74) is 28.4. The van der Waals surface area contributed by atoms with E-state index in [0.717, 1.165) is 55.8 Å². The van der Waals surface area contributed by atoms with Gasteiger partial charge < -0.3 is 66.2 Å². The van der Waals surface area contributed by atoms with Crippen LogP contribution >= 0.6 is 0 Å². The molecule has 1 atom stereocenters. The number of primary amides is 2. The highest BCUT2D eigenvalue weighted by atomic mass is 16.5. The molecule has 1 aliphatic rings. The number of carbonyl (C=O) groups excluding carboxylic acids is 3. The summed E-state index contributed by atoms with van der Waals surface area (Å²) in [6, 6.07) is 49.0. The van der Waals surface area contributed by atoms with Gasteiger partial charge in [-0.25, -0.2) is 19.7 Å². The van der Waals surface area contributed by atoms with Crippen molar-refractivity contribution in [2.45, 2.75) is 48.0 Å². The molecule has 0 spiro atoms. The Hall–Kier alpha value is -16.4. The number of nitrogens with two attached hydrogens (primary N) is 2. The van der Waals surface area contributed by atoms with Crippen molar-refractivity contribution in [3.05, 3.63) is 250 Å². The highest BCUT2D eigenvalue weighted by Crippen LogP contribution is 2.40. The van der Waals surface area contributed by atoms with E-state index in [-0.39, 0.29) is 23.3 Å². The SMILES string of the molecule is Cc1cc(-c2ccc(C(=O)N3CCC(C(N)=O)C3)cn2)cc(C)c1Oc1nc(Nc2ccc(C#N)cc2)nc2nc[nH]c12.Cc1cc(-c2ccc(C(=O)O)cn2)cc(C)c1Oc1nc(Nc2ccc(C#N)cc2)nc2nc[nH]c12.Cc1cc(-c2ccc(C(N)=O)cn2)cc(C)c1Oc1nc(Nc2ccc(C#N)cc2)nc2ncn(C)c12. The van der Waals surface area contributed by atoms with Gasteiger partial charge in [0.25, 0.3) is 23.5 Å². The van der Waals surface area contributed by atoms with Crippen LogP contribution in [0.3, 0.4) is 0 Å². The van der Waals surface area contributed by atoms with Crippen LogP contribution in [-0.4, -0.2) is 121 Å². The average Bonchev–Trinajstić information content (AvgIpc) is 1.50. The van der Waals surface area contributed by atoms with Crippen LogP contribution in [0.4, 0.5) is 34.9 Å². The van der Waals surface area contributed by atoms with E-state index in [9.17, 15) is 19.2 Å². The molecule has 1 aliphatic heterocycles. The number of hydrogen-bond donors (Lipinski definition) is 8. The van der Waals surface area contributed by atoms with Crippen LogP contribution in [0.15, 0.2) is 183 Å². The number of aromatic carboxylic acids is 1. The molecule has 0 bridgehead atoms. The maximum Gasteiger partial charge on any atom is 0.337 e. The number of imidazole rings is 3. The van der Waals surface area contributed by atoms with Crippen molar-refractivity contribution in [1.82, 2.24) is 79.2 Å². The summed E-state index contributed by atoms with van der Waals surface area (Å²) in [5, 5.41) is 45.6. The number of nitrogens with zero attached hydrogens (tertiary/aromatic N) is 17. The zero-order chi connectivity index (χ0) is 81.4. The number of hydrogen-bond acceptors (Lipinski definition) is 25. The number of nitriles is 3. The molecule has 572 valence electrons. The molecule has 3 amide bonds. The van der Waals surface area contributed by atoms with Crippen LogP contribution in [0, 0.1) is 81.5 Å². The molecule has 0 aliphatic carbocycles. The Kier molecular flexibility index (Phi) is 21.7. The van der Waals surface area contributed by atoms with Crippen molar-refractivity contribution in [3.8, 4) is 86.9 Å². The fourth-order valence-electron chi connectivity index (χ4n) is 12.8. The van der Waals surface area contributed by atoms with Crippen molar-refractivity contribution in [2.24, 2.45) is 24.4 Å². The Balaban J connectivity index is 0.000000144. The van der Waals surface area contributed by atoms with Crippen molar-refractivity contribution >= 4 is 92.1 Å². The number of fused-ring (bicyclic) bond motifs is 3. The third kappa shape index (κ3) is 17.0. The van der Waals surface area contributed by atoms with E-state index in [0.29, 0.717) is 162 Å². The van der Waals surface area contributed by atoms with Crippen LogP contribution in [0.5, 0.6) is 34.9 Å². The number of nitrogens with one attached hydrogen (secondary N) is 5. The first-order chi connectivity index (χ1) is 56.0. The first kappa shape index (κ1) is 76.3. The number of carboxylic acids is 1. The number of anilines is 6. The topological polar surface area (TPSA) is 470 Å². The Morgan fingerprint density at radius 2 is 0.845 bits per heavy atom. The molecule has 1 fully saturated rings. The largest absolute Gasteiger partial charge is 0.478 e. The van der Waals surface area contributed by atoms with E-state index in [1.165, 1.54) is 31.1 Å². The van der Waals surface area contributed by atoms with Gasteiger partial charge in [-0.2, -0.15) is 45.7 Å². The van der Waals surface area contributed by atoms with Gasteiger partial charge in [-0.3, -0.25) is 29.3 Å². The summed E-state index contributed by atoms with van der Waals surface area (Å²) in [5.74, 6) is 1.39. The summed E-state index contributed by atoms with van der Waals surface area (Å²) >= 11 is 0. The predicted molar refractivity (Wildman–Crippen MR) is 429 cm³/mol. The van der Waals surface area contributed by atoms with Gasteiger partial charge in [-0.15, -0.1) is 0 Å². The number of aromatic amines is 2. The van der Waals surface area contributed by atoms with E-state index < -0.39 is 11.9 Å². The number of rotatable bonds is 19. The highest BCUT2D eigenvalue weighted by molar-refractivity contribution is 5.95. The number of ether oxygens (including phenoxy) is 3. The summed E-state index contributed by atoms with van der Waals surface area (Å²) < 4.78 is 20.8.